The molecule has 0 aliphatic heterocycles. The van der Waals surface area contributed by atoms with Crippen molar-refractivity contribution >= 4 is 11.8 Å². The summed E-state index contributed by atoms with van der Waals surface area (Å²) < 4.78 is 4.95. The highest BCUT2D eigenvalue weighted by molar-refractivity contribution is 6.33. The van der Waals surface area contributed by atoms with Gasteiger partial charge in [0, 0.05) is 6.42 Å². The highest BCUT2D eigenvalue weighted by Gasteiger charge is 2.18. The van der Waals surface area contributed by atoms with Crippen molar-refractivity contribution in [1.82, 2.24) is 0 Å². The Balaban J connectivity index is 2.18. The van der Waals surface area contributed by atoms with Gasteiger partial charge < -0.3 is 4.74 Å². The van der Waals surface area contributed by atoms with Crippen molar-refractivity contribution < 1.29 is 14.3 Å². The highest BCUT2D eigenvalue weighted by atomic mass is 16.5. The van der Waals surface area contributed by atoms with Crippen molar-refractivity contribution in [3.63, 3.8) is 0 Å². The minimum atomic E-state index is -0.655. The van der Waals surface area contributed by atoms with Crippen LogP contribution in [0.2, 0.25) is 0 Å². The number of hydrogen-bond donors (Lipinski definition) is 0. The van der Waals surface area contributed by atoms with Crippen LogP contribution in [0.1, 0.15) is 45.4 Å². The summed E-state index contributed by atoms with van der Waals surface area (Å²) in [7, 11) is 0. The van der Waals surface area contributed by atoms with E-state index in [0.717, 1.165) is 12.8 Å². The van der Waals surface area contributed by atoms with E-state index in [1.54, 1.807) is 6.92 Å². The van der Waals surface area contributed by atoms with Gasteiger partial charge in [0.1, 0.15) is 0 Å². The van der Waals surface area contributed by atoms with Crippen molar-refractivity contribution in [3.05, 3.63) is 0 Å². The molecular weight excluding hydrogens is 180 g/mol. The van der Waals surface area contributed by atoms with E-state index in [1.807, 2.05) is 0 Å². The molecule has 0 atom stereocenters. The van der Waals surface area contributed by atoms with Gasteiger partial charge in [-0.15, -0.1) is 0 Å². The molecule has 0 heterocycles. The fraction of sp³-hybridized carbons (Fsp3) is 0.818. The molecule has 1 rings (SSSR count). The molecule has 0 unspecified atom stereocenters. The van der Waals surface area contributed by atoms with Gasteiger partial charge in [-0.3, -0.25) is 4.79 Å². The summed E-state index contributed by atoms with van der Waals surface area (Å²) >= 11 is 0. The van der Waals surface area contributed by atoms with Gasteiger partial charge in [0.25, 0.3) is 0 Å². The molecule has 1 fully saturated rings. The van der Waals surface area contributed by atoms with E-state index in [-0.39, 0.29) is 6.42 Å². The smallest absolute Gasteiger partial charge is 0.374 e. The molecule has 3 heteroatoms. The van der Waals surface area contributed by atoms with Crippen molar-refractivity contribution in [2.24, 2.45) is 5.92 Å². The first-order valence-corrected chi connectivity index (χ1v) is 5.44. The van der Waals surface area contributed by atoms with Crippen LogP contribution in [0.25, 0.3) is 0 Å². The zero-order chi connectivity index (χ0) is 10.4. The standard InChI is InChI=1S/C11H18O3/c1-2-10(12)11(13)14-8-9-6-4-3-5-7-9/h9H,2-8H2,1H3. The number of ether oxygens (including phenoxy) is 1. The summed E-state index contributed by atoms with van der Waals surface area (Å²) in [6.45, 7) is 2.11. The molecule has 0 N–H and O–H groups in total. The van der Waals surface area contributed by atoms with Crippen LogP contribution in [0.3, 0.4) is 0 Å². The summed E-state index contributed by atoms with van der Waals surface area (Å²) in [6, 6.07) is 0. The second-order valence-electron chi connectivity index (χ2n) is 3.88. The minimum absolute atomic E-state index is 0.240. The number of carbonyl (C=O) groups excluding carboxylic acids is 2. The first-order valence-electron chi connectivity index (χ1n) is 5.44. The molecule has 0 bridgehead atoms. The molecule has 0 saturated heterocycles. The van der Waals surface area contributed by atoms with Gasteiger partial charge in [-0.25, -0.2) is 4.79 Å². The van der Waals surface area contributed by atoms with Crippen LogP contribution in [-0.4, -0.2) is 18.4 Å². The lowest BCUT2D eigenvalue weighted by atomic mass is 9.90. The molecule has 0 aromatic carbocycles. The van der Waals surface area contributed by atoms with E-state index in [1.165, 1.54) is 19.3 Å². The molecule has 0 radical (unpaired) electrons. The van der Waals surface area contributed by atoms with Crippen LogP contribution in [0, 0.1) is 5.92 Å². The highest BCUT2D eigenvalue weighted by Crippen LogP contribution is 2.23. The Kier molecular flexibility index (Phi) is 4.63. The van der Waals surface area contributed by atoms with Crippen LogP contribution < -0.4 is 0 Å². The van der Waals surface area contributed by atoms with E-state index in [4.69, 9.17) is 4.74 Å². The van der Waals surface area contributed by atoms with Gasteiger partial charge in [-0.1, -0.05) is 26.2 Å². The van der Waals surface area contributed by atoms with Gasteiger partial charge in [-0.05, 0) is 18.8 Å². The summed E-state index contributed by atoms with van der Waals surface area (Å²) in [5.41, 5.74) is 0. The molecule has 0 amide bonds. The molecule has 0 spiro atoms. The summed E-state index contributed by atoms with van der Waals surface area (Å²) in [5.74, 6) is -0.587. The maximum atomic E-state index is 11.0. The van der Waals surface area contributed by atoms with Gasteiger partial charge >= 0.3 is 5.97 Å². The van der Waals surface area contributed by atoms with Crippen LogP contribution in [-0.2, 0) is 14.3 Å². The van der Waals surface area contributed by atoms with Crippen molar-refractivity contribution in [1.29, 1.82) is 0 Å². The Morgan fingerprint density at radius 3 is 2.43 bits per heavy atom. The van der Waals surface area contributed by atoms with E-state index < -0.39 is 11.8 Å². The zero-order valence-electron chi connectivity index (χ0n) is 8.75. The normalized spacial score (nSPS) is 17.8. The number of hydrogen-bond acceptors (Lipinski definition) is 3. The van der Waals surface area contributed by atoms with Crippen LogP contribution in [0.5, 0.6) is 0 Å². The van der Waals surface area contributed by atoms with E-state index in [2.05, 4.69) is 0 Å². The molecule has 14 heavy (non-hydrogen) atoms. The van der Waals surface area contributed by atoms with Gasteiger partial charge in [0.15, 0.2) is 0 Å². The topological polar surface area (TPSA) is 43.4 Å². The Hall–Kier alpha value is -0.860. The number of carbonyl (C=O) groups is 2. The molecule has 1 saturated carbocycles. The first kappa shape index (κ1) is 11.2. The lowest BCUT2D eigenvalue weighted by Gasteiger charge is -2.20. The maximum Gasteiger partial charge on any atom is 0.374 e. The third-order valence-electron chi connectivity index (χ3n) is 2.72. The number of rotatable bonds is 4. The van der Waals surface area contributed by atoms with Crippen LogP contribution in [0.4, 0.5) is 0 Å². The third-order valence-corrected chi connectivity index (χ3v) is 2.72. The molecule has 3 nitrogen and oxygen atoms in total. The number of ketones is 1. The van der Waals surface area contributed by atoms with E-state index in [9.17, 15) is 9.59 Å². The Labute approximate surface area is 84.8 Å². The van der Waals surface area contributed by atoms with Gasteiger partial charge in [0.2, 0.25) is 5.78 Å². The SMILES string of the molecule is CCC(=O)C(=O)OCC1CCCCC1. The Morgan fingerprint density at radius 1 is 1.21 bits per heavy atom. The fourth-order valence-electron chi connectivity index (χ4n) is 1.77. The fourth-order valence-corrected chi connectivity index (χ4v) is 1.77. The average Bonchev–Trinajstić information content (AvgIpc) is 2.26. The lowest BCUT2D eigenvalue weighted by molar-refractivity contribution is -0.155. The second kappa shape index (κ2) is 5.78. The summed E-state index contributed by atoms with van der Waals surface area (Å²) in [5, 5.41) is 0. The van der Waals surface area contributed by atoms with Crippen LogP contribution in [0.15, 0.2) is 0 Å². The van der Waals surface area contributed by atoms with Gasteiger partial charge in [0.05, 0.1) is 6.61 Å². The molecule has 1 aliphatic carbocycles. The number of esters is 1. The summed E-state index contributed by atoms with van der Waals surface area (Å²) in [6.07, 6.45) is 6.25. The number of Topliss-reactive ketones (excluding diaryl/α,β-unsaturated/α-hetero) is 1. The quantitative estimate of drug-likeness (QED) is 0.513. The van der Waals surface area contributed by atoms with Crippen molar-refractivity contribution in [2.45, 2.75) is 45.4 Å². The Morgan fingerprint density at radius 2 is 1.86 bits per heavy atom. The van der Waals surface area contributed by atoms with E-state index >= 15 is 0 Å². The largest absolute Gasteiger partial charge is 0.460 e. The predicted molar refractivity (Wildman–Crippen MR) is 52.8 cm³/mol. The predicted octanol–water partition coefficient (Wildman–Crippen LogP) is 2.09. The van der Waals surface area contributed by atoms with Crippen molar-refractivity contribution in [2.75, 3.05) is 6.61 Å². The van der Waals surface area contributed by atoms with E-state index in [0.29, 0.717) is 12.5 Å². The van der Waals surface area contributed by atoms with Gasteiger partial charge in [-0.2, -0.15) is 0 Å². The van der Waals surface area contributed by atoms with Crippen LogP contribution >= 0.6 is 0 Å². The zero-order valence-corrected chi connectivity index (χ0v) is 8.75. The molecule has 80 valence electrons. The molecule has 0 aromatic rings. The first-order chi connectivity index (χ1) is 6.74. The minimum Gasteiger partial charge on any atom is -0.460 e. The maximum absolute atomic E-state index is 11.0. The van der Waals surface area contributed by atoms with Crippen molar-refractivity contribution in [3.8, 4) is 0 Å². The molecule has 0 aromatic heterocycles. The third kappa shape index (κ3) is 3.48. The second-order valence-corrected chi connectivity index (χ2v) is 3.88. The monoisotopic (exact) mass is 198 g/mol. The lowest BCUT2D eigenvalue weighted by Crippen LogP contribution is -2.21. The Bertz CT molecular complexity index is 205. The molecular formula is C11H18O3. The molecule has 1 aliphatic rings. The average molecular weight is 198 g/mol. The summed E-state index contributed by atoms with van der Waals surface area (Å²) in [4.78, 5) is 22.0.